The zero-order chi connectivity index (χ0) is 12.7. The highest BCUT2D eigenvalue weighted by atomic mass is 16.6. The Balaban J connectivity index is 2.71. The Morgan fingerprint density at radius 2 is 2.18 bits per heavy atom. The lowest BCUT2D eigenvalue weighted by Crippen LogP contribution is -2.01. The molecule has 0 N–H and O–H groups in total. The molecule has 0 bridgehead atoms. The third kappa shape index (κ3) is 4.06. The molecule has 5 nitrogen and oxygen atoms in total. The number of carbonyl (C=O) groups is 1. The Morgan fingerprint density at radius 1 is 1.47 bits per heavy atom. The first-order valence-electron chi connectivity index (χ1n) is 5.20. The number of nitro groups is 1. The normalized spacial score (nSPS) is 10.4. The van der Waals surface area contributed by atoms with Crippen LogP contribution in [0.15, 0.2) is 30.3 Å². The first kappa shape index (κ1) is 12.9. The van der Waals surface area contributed by atoms with E-state index in [0.29, 0.717) is 12.2 Å². The summed E-state index contributed by atoms with van der Waals surface area (Å²) < 4.78 is 4.73. The van der Waals surface area contributed by atoms with Crippen LogP contribution in [0.2, 0.25) is 0 Å². The molecule has 0 saturated carbocycles. The average Bonchev–Trinajstić information content (AvgIpc) is 2.30. The van der Waals surface area contributed by atoms with Gasteiger partial charge in [-0.05, 0) is 13.0 Å². The Bertz CT molecular complexity index is 440. The maximum atomic E-state index is 11.0. The van der Waals surface area contributed by atoms with E-state index in [9.17, 15) is 14.9 Å². The van der Waals surface area contributed by atoms with Gasteiger partial charge in [0, 0.05) is 6.07 Å². The Hall–Kier alpha value is -2.17. The molecule has 1 aromatic rings. The molecule has 1 rings (SSSR count). The summed E-state index contributed by atoms with van der Waals surface area (Å²) >= 11 is 0. The molecule has 0 aromatic heterocycles. The predicted molar refractivity (Wildman–Crippen MR) is 63.4 cm³/mol. The first-order chi connectivity index (χ1) is 8.15. The summed E-state index contributed by atoms with van der Waals surface area (Å²) in [5.74, 6) is -0.345. The topological polar surface area (TPSA) is 69.4 Å². The van der Waals surface area contributed by atoms with Crippen molar-refractivity contribution >= 4 is 17.7 Å². The second-order valence-electron chi connectivity index (χ2n) is 3.23. The van der Waals surface area contributed by atoms with Crippen molar-refractivity contribution < 1.29 is 14.5 Å². The molecular formula is C12H13NO4. The lowest BCUT2D eigenvalue weighted by Gasteiger charge is -1.98. The van der Waals surface area contributed by atoms with E-state index in [4.69, 9.17) is 4.74 Å². The molecule has 0 fully saturated rings. The molecule has 0 heterocycles. The SMILES string of the molecule is CCOC(=O)CC=Cc1ccccc1[N+](=O)[O-]. The Labute approximate surface area is 98.9 Å². The van der Waals surface area contributed by atoms with Gasteiger partial charge < -0.3 is 4.74 Å². The molecule has 0 aliphatic rings. The maximum absolute atomic E-state index is 11.0. The number of benzene rings is 1. The minimum Gasteiger partial charge on any atom is -0.466 e. The molecule has 5 heteroatoms. The fraction of sp³-hybridized carbons (Fsp3) is 0.250. The van der Waals surface area contributed by atoms with E-state index in [0.717, 1.165) is 0 Å². The molecule has 1 aromatic carbocycles. The maximum Gasteiger partial charge on any atom is 0.309 e. The molecule has 0 aliphatic carbocycles. The van der Waals surface area contributed by atoms with Gasteiger partial charge >= 0.3 is 5.97 Å². The zero-order valence-corrected chi connectivity index (χ0v) is 9.46. The van der Waals surface area contributed by atoms with Crippen LogP contribution in [0.25, 0.3) is 6.08 Å². The second-order valence-corrected chi connectivity index (χ2v) is 3.23. The van der Waals surface area contributed by atoms with E-state index in [-0.39, 0.29) is 18.1 Å². The van der Waals surface area contributed by atoms with Gasteiger partial charge in [-0.2, -0.15) is 0 Å². The van der Waals surface area contributed by atoms with Gasteiger partial charge in [0.1, 0.15) is 0 Å². The minimum absolute atomic E-state index is 0.0209. The van der Waals surface area contributed by atoms with Crippen molar-refractivity contribution in [1.82, 2.24) is 0 Å². The zero-order valence-electron chi connectivity index (χ0n) is 9.46. The number of esters is 1. The number of ether oxygens (including phenoxy) is 1. The van der Waals surface area contributed by atoms with Gasteiger partial charge in [-0.3, -0.25) is 14.9 Å². The van der Waals surface area contributed by atoms with Gasteiger partial charge in [0.25, 0.3) is 5.69 Å². The van der Waals surface area contributed by atoms with Crippen LogP contribution >= 0.6 is 0 Å². The van der Waals surface area contributed by atoms with Crippen molar-refractivity contribution in [1.29, 1.82) is 0 Å². The highest BCUT2D eigenvalue weighted by molar-refractivity contribution is 5.73. The number of hydrogen-bond donors (Lipinski definition) is 0. The lowest BCUT2D eigenvalue weighted by molar-refractivity contribution is -0.385. The third-order valence-electron chi connectivity index (χ3n) is 2.02. The fourth-order valence-corrected chi connectivity index (χ4v) is 1.30. The molecule has 0 atom stereocenters. The predicted octanol–water partition coefficient (Wildman–Crippen LogP) is 2.56. The summed E-state index contributed by atoms with van der Waals surface area (Å²) in [5, 5.41) is 10.7. The quantitative estimate of drug-likeness (QED) is 0.446. The van der Waals surface area contributed by atoms with Crippen LogP contribution in [-0.4, -0.2) is 17.5 Å². The number of rotatable bonds is 5. The van der Waals surface area contributed by atoms with Gasteiger partial charge in [-0.1, -0.05) is 24.3 Å². The van der Waals surface area contributed by atoms with Gasteiger partial charge in [0.15, 0.2) is 0 Å². The molecular weight excluding hydrogens is 222 g/mol. The summed E-state index contributed by atoms with van der Waals surface area (Å²) in [4.78, 5) is 21.3. The fourth-order valence-electron chi connectivity index (χ4n) is 1.30. The van der Waals surface area contributed by atoms with Crippen molar-refractivity contribution in [3.8, 4) is 0 Å². The van der Waals surface area contributed by atoms with E-state index in [1.165, 1.54) is 6.07 Å². The summed E-state index contributed by atoms with van der Waals surface area (Å²) in [6, 6.07) is 6.35. The Morgan fingerprint density at radius 3 is 2.82 bits per heavy atom. The summed E-state index contributed by atoms with van der Waals surface area (Å²) in [5.41, 5.74) is 0.495. The van der Waals surface area contributed by atoms with Crippen LogP contribution in [0.1, 0.15) is 18.9 Å². The Kier molecular flexibility index (Phi) is 4.87. The molecule has 0 unspecified atom stereocenters. The molecule has 0 aliphatic heterocycles. The van der Waals surface area contributed by atoms with Crippen LogP contribution < -0.4 is 0 Å². The minimum atomic E-state index is -0.454. The lowest BCUT2D eigenvalue weighted by atomic mass is 10.1. The monoisotopic (exact) mass is 235 g/mol. The van der Waals surface area contributed by atoms with Crippen molar-refractivity contribution in [3.05, 3.63) is 46.0 Å². The molecule has 0 amide bonds. The standard InChI is InChI=1S/C12H13NO4/c1-2-17-12(14)9-5-7-10-6-3-4-8-11(10)13(15)16/h3-8H,2,9H2,1H3. The average molecular weight is 235 g/mol. The van der Waals surface area contributed by atoms with Crippen molar-refractivity contribution in [2.75, 3.05) is 6.61 Å². The number of carbonyl (C=O) groups excluding carboxylic acids is 1. The molecule has 0 saturated heterocycles. The third-order valence-corrected chi connectivity index (χ3v) is 2.02. The van der Waals surface area contributed by atoms with Crippen molar-refractivity contribution in [3.63, 3.8) is 0 Å². The van der Waals surface area contributed by atoms with Gasteiger partial charge in [-0.25, -0.2) is 0 Å². The van der Waals surface area contributed by atoms with Crippen molar-refractivity contribution in [2.24, 2.45) is 0 Å². The highest BCUT2D eigenvalue weighted by Gasteiger charge is 2.09. The molecule has 90 valence electrons. The smallest absolute Gasteiger partial charge is 0.309 e. The highest BCUT2D eigenvalue weighted by Crippen LogP contribution is 2.19. The van der Waals surface area contributed by atoms with E-state index in [1.807, 2.05) is 0 Å². The van der Waals surface area contributed by atoms with Crippen LogP contribution in [0.4, 0.5) is 5.69 Å². The van der Waals surface area contributed by atoms with E-state index in [1.54, 1.807) is 37.3 Å². The summed E-state index contributed by atoms with van der Waals surface area (Å²) in [6.07, 6.45) is 3.22. The number of para-hydroxylation sites is 1. The summed E-state index contributed by atoms with van der Waals surface area (Å²) in [6.45, 7) is 2.06. The van der Waals surface area contributed by atoms with Crippen LogP contribution in [0.3, 0.4) is 0 Å². The second kappa shape index (κ2) is 6.42. The molecule has 0 spiro atoms. The summed E-state index contributed by atoms with van der Waals surface area (Å²) in [7, 11) is 0. The van der Waals surface area contributed by atoms with E-state index in [2.05, 4.69) is 0 Å². The van der Waals surface area contributed by atoms with E-state index < -0.39 is 4.92 Å². The largest absolute Gasteiger partial charge is 0.466 e. The van der Waals surface area contributed by atoms with Gasteiger partial charge in [0.05, 0.1) is 23.5 Å². The molecule has 17 heavy (non-hydrogen) atoms. The molecule has 0 radical (unpaired) electrons. The van der Waals surface area contributed by atoms with Crippen LogP contribution in [-0.2, 0) is 9.53 Å². The number of nitro benzene ring substituents is 1. The van der Waals surface area contributed by atoms with Crippen molar-refractivity contribution in [2.45, 2.75) is 13.3 Å². The van der Waals surface area contributed by atoms with Crippen LogP contribution in [0.5, 0.6) is 0 Å². The van der Waals surface area contributed by atoms with Gasteiger partial charge in [-0.15, -0.1) is 0 Å². The van der Waals surface area contributed by atoms with Crippen LogP contribution in [0, 0.1) is 10.1 Å². The first-order valence-corrected chi connectivity index (χ1v) is 5.20. The number of hydrogen-bond acceptors (Lipinski definition) is 4. The van der Waals surface area contributed by atoms with E-state index >= 15 is 0 Å². The van der Waals surface area contributed by atoms with Gasteiger partial charge in [0.2, 0.25) is 0 Å². The number of nitrogens with zero attached hydrogens (tertiary/aromatic N) is 1.